The molecule has 0 aliphatic heterocycles. The molecule has 0 saturated carbocycles. The Morgan fingerprint density at radius 1 is 0.963 bits per heavy atom. The number of methoxy groups -OCH3 is 3. The van der Waals surface area contributed by atoms with Crippen LogP contribution in [0, 0.1) is 6.92 Å². The molecule has 2 aromatic carbocycles. The molecule has 4 heteroatoms. The lowest BCUT2D eigenvalue weighted by Crippen LogP contribution is -2.12. The molecule has 0 spiro atoms. The van der Waals surface area contributed by atoms with Crippen LogP contribution in [0.4, 0.5) is 0 Å². The lowest BCUT2D eigenvalue weighted by atomic mass is 9.82. The number of hydrogen-bond acceptors (Lipinski definition) is 3. The van der Waals surface area contributed by atoms with Crippen molar-refractivity contribution in [1.29, 1.82) is 0 Å². The third kappa shape index (κ3) is 3.14. The summed E-state index contributed by atoms with van der Waals surface area (Å²) in [6.45, 7) is 2.16. The highest BCUT2D eigenvalue weighted by Gasteiger charge is 2.26. The summed E-state index contributed by atoms with van der Waals surface area (Å²) in [6.07, 6.45) is 4.46. The second-order valence-corrected chi connectivity index (χ2v) is 7.38. The Hall–Kier alpha value is -2.62. The second kappa shape index (κ2) is 7.18. The quantitative estimate of drug-likeness (QED) is 0.679. The van der Waals surface area contributed by atoms with Gasteiger partial charge in [0.2, 0.25) is 0 Å². The van der Waals surface area contributed by atoms with Crippen LogP contribution < -0.4 is 14.2 Å². The first-order valence-electron chi connectivity index (χ1n) is 9.54. The molecule has 1 aliphatic rings. The van der Waals surface area contributed by atoms with E-state index in [4.69, 9.17) is 14.2 Å². The first-order chi connectivity index (χ1) is 13.1. The van der Waals surface area contributed by atoms with Crippen LogP contribution in [-0.2, 0) is 12.8 Å². The third-order valence-electron chi connectivity index (χ3n) is 5.74. The van der Waals surface area contributed by atoms with Crippen LogP contribution in [0.3, 0.4) is 0 Å². The molecule has 4 rings (SSSR count). The van der Waals surface area contributed by atoms with Crippen LogP contribution in [0.25, 0.3) is 10.9 Å². The van der Waals surface area contributed by atoms with Gasteiger partial charge in [-0.05, 0) is 61.9 Å². The summed E-state index contributed by atoms with van der Waals surface area (Å²) < 4.78 is 16.6. The largest absolute Gasteiger partial charge is 0.496 e. The van der Waals surface area contributed by atoms with E-state index in [0.717, 1.165) is 29.9 Å². The summed E-state index contributed by atoms with van der Waals surface area (Å²) in [6, 6.07) is 10.7. The second-order valence-electron chi connectivity index (χ2n) is 7.38. The van der Waals surface area contributed by atoms with E-state index >= 15 is 0 Å². The molecule has 0 radical (unpaired) electrons. The number of nitrogens with one attached hydrogen (secondary N) is 1. The van der Waals surface area contributed by atoms with Gasteiger partial charge in [0.15, 0.2) is 11.5 Å². The fraction of sp³-hybridized carbons (Fsp3) is 0.391. The molecule has 1 N–H and O–H groups in total. The number of fused-ring (bicyclic) bond motifs is 3. The Morgan fingerprint density at radius 2 is 1.70 bits per heavy atom. The van der Waals surface area contributed by atoms with E-state index in [1.807, 2.05) is 6.07 Å². The predicted octanol–water partition coefficient (Wildman–Crippen LogP) is 5.16. The Kier molecular flexibility index (Phi) is 4.73. The number of ether oxygens (including phenoxy) is 3. The number of benzene rings is 2. The van der Waals surface area contributed by atoms with Gasteiger partial charge >= 0.3 is 0 Å². The number of aryl methyl sites for hydroxylation is 2. The number of hydrogen-bond donors (Lipinski definition) is 1. The summed E-state index contributed by atoms with van der Waals surface area (Å²) in [5, 5.41) is 1.38. The molecule has 142 valence electrons. The van der Waals surface area contributed by atoms with Crippen molar-refractivity contribution in [2.45, 2.75) is 38.5 Å². The molecule has 27 heavy (non-hydrogen) atoms. The normalized spacial score (nSPS) is 16.2. The maximum absolute atomic E-state index is 5.65. The highest BCUT2D eigenvalue weighted by molar-refractivity contribution is 5.85. The van der Waals surface area contributed by atoms with E-state index in [2.05, 4.69) is 36.2 Å². The fourth-order valence-corrected chi connectivity index (χ4v) is 4.39. The molecule has 0 amide bonds. The number of aromatic amines is 1. The van der Waals surface area contributed by atoms with Gasteiger partial charge in [0.25, 0.3) is 0 Å². The first-order valence-corrected chi connectivity index (χ1v) is 9.54. The molecule has 0 saturated heterocycles. The van der Waals surface area contributed by atoms with Crippen molar-refractivity contribution < 1.29 is 14.2 Å². The standard InChI is InChI=1S/C23H27NO3/c1-14-8-9-19-18(10-14)17-7-5-6-15(23(17)24-19)11-16-12-21(26-3)22(27-4)13-20(16)25-2/h8-10,12-13,15,24H,5-7,11H2,1-4H3. The predicted molar refractivity (Wildman–Crippen MR) is 109 cm³/mol. The monoisotopic (exact) mass is 365 g/mol. The SMILES string of the molecule is COc1cc(OC)c(OC)cc1CC1CCCc2c1[nH]c1ccc(C)cc21. The minimum Gasteiger partial charge on any atom is -0.496 e. The average Bonchev–Trinajstić information content (AvgIpc) is 3.06. The molecule has 1 unspecified atom stereocenters. The number of H-pyrrole nitrogens is 1. The lowest BCUT2D eigenvalue weighted by Gasteiger charge is -2.24. The van der Waals surface area contributed by atoms with Crippen LogP contribution in [0.1, 0.15) is 41.1 Å². The Bertz CT molecular complexity index is 973. The summed E-state index contributed by atoms with van der Waals surface area (Å²) in [5.74, 6) is 2.75. The van der Waals surface area contributed by atoms with Crippen molar-refractivity contribution in [1.82, 2.24) is 4.98 Å². The van der Waals surface area contributed by atoms with Crippen molar-refractivity contribution in [3.63, 3.8) is 0 Å². The Balaban J connectivity index is 1.74. The Morgan fingerprint density at radius 3 is 2.44 bits per heavy atom. The molecule has 1 aliphatic carbocycles. The summed E-state index contributed by atoms with van der Waals surface area (Å²) in [5.41, 5.74) is 6.59. The van der Waals surface area contributed by atoms with Crippen molar-refractivity contribution in [3.05, 3.63) is 52.7 Å². The van der Waals surface area contributed by atoms with Crippen molar-refractivity contribution in [3.8, 4) is 17.2 Å². The molecule has 1 heterocycles. The molecule has 3 aromatic rings. The van der Waals surface area contributed by atoms with Crippen LogP contribution in [-0.4, -0.2) is 26.3 Å². The molecular formula is C23H27NO3. The van der Waals surface area contributed by atoms with Gasteiger partial charge in [-0.1, -0.05) is 11.6 Å². The van der Waals surface area contributed by atoms with Gasteiger partial charge in [0.05, 0.1) is 21.3 Å². The Labute approximate surface area is 160 Å². The molecule has 4 nitrogen and oxygen atoms in total. The topological polar surface area (TPSA) is 43.5 Å². The van der Waals surface area contributed by atoms with Gasteiger partial charge in [-0.15, -0.1) is 0 Å². The molecule has 1 aromatic heterocycles. The smallest absolute Gasteiger partial charge is 0.164 e. The van der Waals surface area contributed by atoms with Crippen molar-refractivity contribution in [2.75, 3.05) is 21.3 Å². The van der Waals surface area contributed by atoms with E-state index < -0.39 is 0 Å². The third-order valence-corrected chi connectivity index (χ3v) is 5.74. The maximum Gasteiger partial charge on any atom is 0.164 e. The highest BCUT2D eigenvalue weighted by Crippen LogP contribution is 2.41. The van der Waals surface area contributed by atoms with E-state index in [1.54, 1.807) is 21.3 Å². The van der Waals surface area contributed by atoms with Gasteiger partial charge in [0, 0.05) is 28.6 Å². The molecule has 0 bridgehead atoms. The molecular weight excluding hydrogens is 338 g/mol. The van der Waals surface area contributed by atoms with Gasteiger partial charge in [-0.25, -0.2) is 0 Å². The van der Waals surface area contributed by atoms with Crippen LogP contribution in [0.15, 0.2) is 30.3 Å². The van der Waals surface area contributed by atoms with E-state index in [1.165, 1.54) is 40.6 Å². The van der Waals surface area contributed by atoms with Crippen molar-refractivity contribution in [2.24, 2.45) is 0 Å². The summed E-state index contributed by atoms with van der Waals surface area (Å²) in [7, 11) is 5.03. The lowest BCUT2D eigenvalue weighted by molar-refractivity contribution is 0.347. The van der Waals surface area contributed by atoms with Crippen LogP contribution in [0.5, 0.6) is 17.2 Å². The minimum absolute atomic E-state index is 0.452. The van der Waals surface area contributed by atoms with Crippen molar-refractivity contribution >= 4 is 10.9 Å². The number of aromatic nitrogens is 1. The molecule has 1 atom stereocenters. The zero-order valence-electron chi connectivity index (χ0n) is 16.5. The summed E-state index contributed by atoms with van der Waals surface area (Å²) in [4.78, 5) is 3.71. The van der Waals surface area contributed by atoms with E-state index in [9.17, 15) is 0 Å². The zero-order chi connectivity index (χ0) is 19.0. The van der Waals surface area contributed by atoms with Crippen LogP contribution in [0.2, 0.25) is 0 Å². The first kappa shape index (κ1) is 17.8. The van der Waals surface area contributed by atoms with Crippen LogP contribution >= 0.6 is 0 Å². The maximum atomic E-state index is 5.65. The average molecular weight is 365 g/mol. The molecule has 0 fully saturated rings. The van der Waals surface area contributed by atoms with E-state index in [-0.39, 0.29) is 0 Å². The van der Waals surface area contributed by atoms with Gasteiger partial charge in [-0.2, -0.15) is 0 Å². The van der Waals surface area contributed by atoms with Gasteiger partial charge < -0.3 is 19.2 Å². The van der Waals surface area contributed by atoms with Gasteiger partial charge in [-0.3, -0.25) is 0 Å². The summed E-state index contributed by atoms with van der Waals surface area (Å²) >= 11 is 0. The fourth-order valence-electron chi connectivity index (χ4n) is 4.39. The van der Waals surface area contributed by atoms with E-state index in [0.29, 0.717) is 11.7 Å². The number of rotatable bonds is 5. The zero-order valence-corrected chi connectivity index (χ0v) is 16.5. The highest BCUT2D eigenvalue weighted by atomic mass is 16.5. The van der Waals surface area contributed by atoms with Gasteiger partial charge in [0.1, 0.15) is 5.75 Å². The minimum atomic E-state index is 0.452.